The minimum Gasteiger partial charge on any atom is -0.461 e. The van der Waals surface area contributed by atoms with Crippen LogP contribution >= 0.6 is 11.3 Å². The van der Waals surface area contributed by atoms with Gasteiger partial charge in [0.05, 0.1) is 6.61 Å². The Hall–Kier alpha value is -2.29. The number of hydrogen-bond acceptors (Lipinski definition) is 8. The molecule has 9 heteroatoms. The van der Waals surface area contributed by atoms with E-state index in [1.165, 1.54) is 5.38 Å². The number of aryl methyl sites for hydroxylation is 1. The summed E-state index contributed by atoms with van der Waals surface area (Å²) in [6, 6.07) is -0.0202. The van der Waals surface area contributed by atoms with Gasteiger partial charge in [0.1, 0.15) is 5.69 Å². The molecule has 8 nitrogen and oxygen atoms in total. The van der Waals surface area contributed by atoms with Gasteiger partial charge < -0.3 is 9.26 Å². The van der Waals surface area contributed by atoms with Crippen LogP contribution in [0.2, 0.25) is 0 Å². The smallest absolute Gasteiger partial charge is 0.367 e. The summed E-state index contributed by atoms with van der Waals surface area (Å²) in [5.74, 6) is -0.684. The number of hydrogen-bond donors (Lipinski definition) is 1. The second-order valence-corrected chi connectivity index (χ2v) is 4.22. The van der Waals surface area contributed by atoms with E-state index in [4.69, 9.17) is 9.26 Å². The Bertz CT molecular complexity index is 606. The summed E-state index contributed by atoms with van der Waals surface area (Å²) in [4.78, 5) is 30.9. The number of thiazole rings is 1. The van der Waals surface area contributed by atoms with Crippen LogP contribution in [0.3, 0.4) is 0 Å². The molecule has 0 unspecified atom stereocenters. The molecule has 19 heavy (non-hydrogen) atoms. The summed E-state index contributed by atoms with van der Waals surface area (Å²) < 4.78 is 9.52. The van der Waals surface area contributed by atoms with Crippen LogP contribution in [-0.2, 0) is 4.74 Å². The maximum atomic E-state index is 11.8. The molecule has 0 aromatic carbocycles. The monoisotopic (exact) mass is 282 g/mol. The quantitative estimate of drug-likeness (QED) is 0.841. The van der Waals surface area contributed by atoms with E-state index in [1.807, 2.05) is 0 Å². The average Bonchev–Trinajstić information content (AvgIpc) is 2.98. The highest BCUT2D eigenvalue weighted by molar-refractivity contribution is 7.11. The van der Waals surface area contributed by atoms with Gasteiger partial charge in [-0.3, -0.25) is 10.1 Å². The number of rotatable bonds is 4. The predicted octanol–water partition coefficient (Wildman–Crippen LogP) is 1.26. The Morgan fingerprint density at radius 1 is 1.47 bits per heavy atom. The summed E-state index contributed by atoms with van der Waals surface area (Å²) in [6.07, 6.45) is 0. The third-order valence-corrected chi connectivity index (χ3v) is 2.76. The fourth-order valence-corrected chi connectivity index (χ4v) is 1.86. The molecular formula is C10H10N4O4S. The van der Waals surface area contributed by atoms with E-state index >= 15 is 0 Å². The fourth-order valence-electron chi connectivity index (χ4n) is 1.17. The number of esters is 1. The maximum absolute atomic E-state index is 11.8. The van der Waals surface area contributed by atoms with E-state index in [0.717, 1.165) is 11.3 Å². The van der Waals surface area contributed by atoms with Gasteiger partial charge in [-0.15, -0.1) is 11.3 Å². The van der Waals surface area contributed by atoms with Crippen LogP contribution < -0.4 is 5.32 Å². The van der Waals surface area contributed by atoms with E-state index in [0.29, 0.717) is 5.82 Å². The number of ether oxygens (including phenoxy) is 1. The highest BCUT2D eigenvalue weighted by Gasteiger charge is 2.17. The summed E-state index contributed by atoms with van der Waals surface area (Å²) >= 11 is 1.03. The topological polar surface area (TPSA) is 107 Å². The predicted molar refractivity (Wildman–Crippen MR) is 65.1 cm³/mol. The van der Waals surface area contributed by atoms with E-state index in [-0.39, 0.29) is 23.3 Å². The molecule has 0 aliphatic heterocycles. The first-order valence-corrected chi connectivity index (χ1v) is 6.22. The first-order valence-electron chi connectivity index (χ1n) is 5.34. The third-order valence-electron chi connectivity index (χ3n) is 1.93. The number of aromatic nitrogens is 3. The number of nitrogens with one attached hydrogen (secondary N) is 1. The van der Waals surface area contributed by atoms with E-state index in [9.17, 15) is 9.59 Å². The zero-order valence-corrected chi connectivity index (χ0v) is 11.0. The number of carbonyl (C=O) groups excluding carboxylic acids is 2. The molecule has 0 fully saturated rings. The Balaban J connectivity index is 2.06. The van der Waals surface area contributed by atoms with Crippen molar-refractivity contribution in [3.05, 3.63) is 21.9 Å². The SMILES string of the molecule is CCOC(=O)c1nc(C(=O)Nc2nc(C)no2)cs1. The lowest BCUT2D eigenvalue weighted by Gasteiger charge is -1.96. The zero-order valence-electron chi connectivity index (χ0n) is 10.2. The molecular weight excluding hydrogens is 272 g/mol. The van der Waals surface area contributed by atoms with Gasteiger partial charge in [-0.2, -0.15) is 4.98 Å². The van der Waals surface area contributed by atoms with Crippen molar-refractivity contribution >= 4 is 29.2 Å². The van der Waals surface area contributed by atoms with E-state index < -0.39 is 11.9 Å². The van der Waals surface area contributed by atoms with Crippen molar-refractivity contribution in [2.75, 3.05) is 11.9 Å². The molecule has 0 aliphatic carbocycles. The van der Waals surface area contributed by atoms with Gasteiger partial charge in [0.2, 0.25) is 5.01 Å². The molecule has 0 saturated carbocycles. The van der Waals surface area contributed by atoms with Crippen LogP contribution in [0.15, 0.2) is 9.90 Å². The molecule has 0 radical (unpaired) electrons. The van der Waals surface area contributed by atoms with Crippen molar-refractivity contribution in [3.63, 3.8) is 0 Å². The first-order chi connectivity index (χ1) is 9.10. The average molecular weight is 282 g/mol. The molecule has 100 valence electrons. The maximum Gasteiger partial charge on any atom is 0.367 e. The van der Waals surface area contributed by atoms with Gasteiger partial charge in [0.25, 0.3) is 5.91 Å². The van der Waals surface area contributed by atoms with Crippen LogP contribution in [0.25, 0.3) is 0 Å². The van der Waals surface area contributed by atoms with Crippen molar-refractivity contribution in [1.29, 1.82) is 0 Å². The van der Waals surface area contributed by atoms with Gasteiger partial charge in [0, 0.05) is 5.38 Å². The Morgan fingerprint density at radius 2 is 2.26 bits per heavy atom. The highest BCUT2D eigenvalue weighted by Crippen LogP contribution is 2.13. The molecule has 2 rings (SSSR count). The number of carbonyl (C=O) groups is 2. The van der Waals surface area contributed by atoms with Crippen molar-refractivity contribution in [3.8, 4) is 0 Å². The van der Waals surface area contributed by atoms with Crippen LogP contribution in [0.4, 0.5) is 6.01 Å². The second-order valence-electron chi connectivity index (χ2n) is 3.36. The number of nitrogens with zero attached hydrogens (tertiary/aromatic N) is 3. The van der Waals surface area contributed by atoms with Crippen molar-refractivity contribution in [1.82, 2.24) is 15.1 Å². The Kier molecular flexibility index (Phi) is 3.85. The first kappa shape index (κ1) is 13.1. The molecule has 2 aromatic heterocycles. The summed E-state index contributed by atoms with van der Waals surface area (Å²) in [7, 11) is 0. The normalized spacial score (nSPS) is 10.2. The second kappa shape index (κ2) is 5.57. The van der Waals surface area contributed by atoms with Gasteiger partial charge in [0.15, 0.2) is 5.82 Å². The number of anilines is 1. The Labute approximate surface area is 111 Å². The van der Waals surface area contributed by atoms with Crippen LogP contribution in [0.1, 0.15) is 33.0 Å². The minimum absolute atomic E-state index is 0.0202. The lowest BCUT2D eigenvalue weighted by Crippen LogP contribution is -2.13. The molecule has 0 saturated heterocycles. The molecule has 0 spiro atoms. The number of amides is 1. The summed E-state index contributed by atoms with van der Waals surface area (Å²) in [5, 5.41) is 7.47. The van der Waals surface area contributed by atoms with Crippen LogP contribution in [0, 0.1) is 6.92 Å². The largest absolute Gasteiger partial charge is 0.461 e. The highest BCUT2D eigenvalue weighted by atomic mass is 32.1. The summed E-state index contributed by atoms with van der Waals surface area (Å²) in [5.41, 5.74) is 0.0870. The van der Waals surface area contributed by atoms with Crippen molar-refractivity contribution in [2.24, 2.45) is 0 Å². The third kappa shape index (κ3) is 3.13. The molecule has 0 aliphatic rings. The van der Waals surface area contributed by atoms with Crippen LogP contribution in [-0.4, -0.2) is 33.6 Å². The van der Waals surface area contributed by atoms with E-state index in [1.54, 1.807) is 13.8 Å². The van der Waals surface area contributed by atoms with Crippen molar-refractivity contribution in [2.45, 2.75) is 13.8 Å². The Morgan fingerprint density at radius 3 is 2.89 bits per heavy atom. The molecule has 2 aromatic rings. The lowest BCUT2D eigenvalue weighted by molar-refractivity contribution is 0.0526. The summed E-state index contributed by atoms with van der Waals surface area (Å²) in [6.45, 7) is 3.57. The van der Waals surface area contributed by atoms with E-state index in [2.05, 4.69) is 20.4 Å². The molecule has 0 bridgehead atoms. The zero-order chi connectivity index (χ0) is 13.8. The fraction of sp³-hybridized carbons (Fsp3) is 0.300. The molecule has 0 atom stereocenters. The van der Waals surface area contributed by atoms with Gasteiger partial charge in [-0.25, -0.2) is 9.78 Å². The molecule has 1 N–H and O–H groups in total. The minimum atomic E-state index is -0.555. The van der Waals surface area contributed by atoms with Gasteiger partial charge in [-0.1, -0.05) is 5.16 Å². The lowest BCUT2D eigenvalue weighted by atomic mass is 10.4. The van der Waals surface area contributed by atoms with Crippen molar-refractivity contribution < 1.29 is 18.8 Å². The standard InChI is InChI=1S/C10H10N4O4S/c1-3-17-9(16)8-12-6(4-19-8)7(15)13-10-11-5(2)14-18-10/h4H,3H2,1-2H3,(H,11,13,14,15). The van der Waals surface area contributed by atoms with Gasteiger partial charge in [-0.05, 0) is 13.8 Å². The molecule has 1 amide bonds. The van der Waals surface area contributed by atoms with Gasteiger partial charge >= 0.3 is 12.0 Å². The molecule has 2 heterocycles. The van der Waals surface area contributed by atoms with Crippen LogP contribution in [0.5, 0.6) is 0 Å².